The highest BCUT2D eigenvalue weighted by atomic mass is 32.1. The maximum atomic E-state index is 12.1. The molecular formula is C12H17N3O2S. The van der Waals surface area contributed by atoms with Gasteiger partial charge >= 0.3 is 0 Å². The molecular weight excluding hydrogens is 250 g/mol. The van der Waals surface area contributed by atoms with Gasteiger partial charge in [0.25, 0.3) is 5.91 Å². The zero-order valence-corrected chi connectivity index (χ0v) is 11.5. The molecule has 1 aromatic heterocycles. The summed E-state index contributed by atoms with van der Waals surface area (Å²) in [4.78, 5) is 16.3. The first-order valence-electron chi connectivity index (χ1n) is 5.56. The van der Waals surface area contributed by atoms with Crippen molar-refractivity contribution in [2.45, 2.75) is 19.9 Å². The molecule has 0 aliphatic heterocycles. The average molecular weight is 267 g/mol. The molecule has 3 N–H and O–H groups in total. The Bertz CT molecular complexity index is 449. The Morgan fingerprint density at radius 1 is 1.56 bits per heavy atom. The van der Waals surface area contributed by atoms with Gasteiger partial charge in [0.2, 0.25) is 5.88 Å². The van der Waals surface area contributed by atoms with Crippen LogP contribution >= 0.6 is 12.2 Å². The van der Waals surface area contributed by atoms with E-state index in [4.69, 9.17) is 22.7 Å². The molecule has 5 nitrogen and oxygen atoms in total. The van der Waals surface area contributed by atoms with Crippen molar-refractivity contribution in [1.82, 2.24) is 10.3 Å². The van der Waals surface area contributed by atoms with Gasteiger partial charge in [-0.3, -0.25) is 4.79 Å². The minimum atomic E-state index is -0.350. The molecule has 1 unspecified atom stereocenters. The molecule has 6 heteroatoms. The van der Waals surface area contributed by atoms with Crippen molar-refractivity contribution in [1.29, 1.82) is 0 Å². The SMILES string of the molecule is COc1ncccc1C(=O)NC(C(N)=S)C(C)C. The van der Waals surface area contributed by atoms with Crippen molar-refractivity contribution in [3.05, 3.63) is 23.9 Å². The number of methoxy groups -OCH3 is 1. The summed E-state index contributed by atoms with van der Waals surface area (Å²) < 4.78 is 5.03. The Balaban J connectivity index is 2.90. The van der Waals surface area contributed by atoms with Gasteiger partial charge in [-0.05, 0) is 18.1 Å². The molecule has 0 aromatic carbocycles. The number of nitrogens with two attached hydrogens (primary N) is 1. The van der Waals surface area contributed by atoms with E-state index in [1.54, 1.807) is 18.3 Å². The molecule has 0 spiro atoms. The third kappa shape index (κ3) is 3.40. The van der Waals surface area contributed by atoms with E-state index in [1.807, 2.05) is 13.8 Å². The number of nitrogens with one attached hydrogen (secondary N) is 1. The van der Waals surface area contributed by atoms with E-state index in [0.29, 0.717) is 5.56 Å². The number of rotatable bonds is 5. The third-order valence-corrected chi connectivity index (χ3v) is 2.72. The molecule has 0 saturated heterocycles. The van der Waals surface area contributed by atoms with Gasteiger partial charge in [-0.15, -0.1) is 0 Å². The van der Waals surface area contributed by atoms with Gasteiger partial charge < -0.3 is 15.8 Å². The number of thiocarbonyl (C=S) groups is 1. The number of aromatic nitrogens is 1. The fourth-order valence-corrected chi connectivity index (χ4v) is 1.84. The molecule has 1 heterocycles. The zero-order chi connectivity index (χ0) is 13.7. The number of amides is 1. The van der Waals surface area contributed by atoms with Crippen LogP contribution in [0.5, 0.6) is 5.88 Å². The Kier molecular flexibility index (Phi) is 5.03. The number of carbonyl (C=O) groups excluding carboxylic acids is 1. The predicted molar refractivity (Wildman–Crippen MR) is 73.7 cm³/mol. The van der Waals surface area contributed by atoms with Crippen molar-refractivity contribution in [2.24, 2.45) is 11.7 Å². The topological polar surface area (TPSA) is 77.2 Å². The fourth-order valence-electron chi connectivity index (χ4n) is 1.51. The molecule has 0 saturated carbocycles. The number of hydrogen-bond donors (Lipinski definition) is 2. The van der Waals surface area contributed by atoms with Crippen molar-refractivity contribution >= 4 is 23.1 Å². The second-order valence-corrected chi connectivity index (χ2v) is 4.63. The molecule has 0 radical (unpaired) electrons. The Labute approximate surface area is 112 Å². The predicted octanol–water partition coefficient (Wildman–Crippen LogP) is 1.13. The zero-order valence-electron chi connectivity index (χ0n) is 10.6. The van der Waals surface area contributed by atoms with E-state index < -0.39 is 0 Å². The first kappa shape index (κ1) is 14.4. The van der Waals surface area contributed by atoms with Crippen molar-refractivity contribution in [3.63, 3.8) is 0 Å². The summed E-state index contributed by atoms with van der Waals surface area (Å²) in [7, 11) is 1.46. The highest BCUT2D eigenvalue weighted by Crippen LogP contribution is 2.14. The van der Waals surface area contributed by atoms with Gasteiger partial charge in [-0.1, -0.05) is 26.1 Å². The monoisotopic (exact) mass is 267 g/mol. The number of hydrogen-bond acceptors (Lipinski definition) is 4. The Hall–Kier alpha value is -1.69. The van der Waals surface area contributed by atoms with Gasteiger partial charge in [0.1, 0.15) is 5.56 Å². The number of pyridine rings is 1. The van der Waals surface area contributed by atoms with Crippen LogP contribution in [0.2, 0.25) is 0 Å². The van der Waals surface area contributed by atoms with Crippen LogP contribution in [0.25, 0.3) is 0 Å². The first-order valence-corrected chi connectivity index (χ1v) is 5.97. The number of ether oxygens (including phenoxy) is 1. The maximum Gasteiger partial charge on any atom is 0.257 e. The van der Waals surface area contributed by atoms with Gasteiger partial charge in [0.15, 0.2) is 0 Å². The van der Waals surface area contributed by atoms with Crippen LogP contribution in [0.15, 0.2) is 18.3 Å². The quantitative estimate of drug-likeness (QED) is 0.782. The third-order valence-electron chi connectivity index (χ3n) is 2.47. The minimum absolute atomic E-state index is 0.120. The van der Waals surface area contributed by atoms with Crippen LogP contribution in [0, 0.1) is 5.92 Å². The van der Waals surface area contributed by atoms with Gasteiger partial charge in [0.05, 0.1) is 18.1 Å². The van der Waals surface area contributed by atoms with Crippen LogP contribution in [0.3, 0.4) is 0 Å². The molecule has 1 aromatic rings. The van der Waals surface area contributed by atoms with E-state index in [0.717, 1.165) is 0 Å². The van der Waals surface area contributed by atoms with Crippen LogP contribution in [-0.2, 0) is 0 Å². The molecule has 0 bridgehead atoms. The highest BCUT2D eigenvalue weighted by Gasteiger charge is 2.21. The lowest BCUT2D eigenvalue weighted by Gasteiger charge is -2.21. The van der Waals surface area contributed by atoms with Crippen LogP contribution < -0.4 is 15.8 Å². The summed E-state index contributed by atoms with van der Waals surface area (Å²) in [6.07, 6.45) is 1.56. The van der Waals surface area contributed by atoms with Crippen molar-refractivity contribution in [2.75, 3.05) is 7.11 Å². The lowest BCUT2D eigenvalue weighted by atomic mass is 10.0. The lowest BCUT2D eigenvalue weighted by molar-refractivity contribution is 0.0936. The van der Waals surface area contributed by atoms with E-state index in [9.17, 15) is 4.79 Å². The van der Waals surface area contributed by atoms with Crippen molar-refractivity contribution < 1.29 is 9.53 Å². The fraction of sp³-hybridized carbons (Fsp3) is 0.417. The number of nitrogens with zero attached hydrogens (tertiary/aromatic N) is 1. The molecule has 18 heavy (non-hydrogen) atoms. The largest absolute Gasteiger partial charge is 0.480 e. The van der Waals surface area contributed by atoms with Crippen LogP contribution in [-0.4, -0.2) is 29.0 Å². The van der Waals surface area contributed by atoms with Crippen LogP contribution in [0.1, 0.15) is 24.2 Å². The molecule has 1 amide bonds. The normalized spacial score (nSPS) is 12.0. The molecule has 0 aliphatic carbocycles. The van der Waals surface area contributed by atoms with Gasteiger partial charge in [0, 0.05) is 6.20 Å². The Morgan fingerprint density at radius 3 is 2.72 bits per heavy atom. The second-order valence-electron chi connectivity index (χ2n) is 4.16. The summed E-state index contributed by atoms with van der Waals surface area (Å²) in [5, 5.41) is 2.78. The average Bonchev–Trinajstić information content (AvgIpc) is 2.34. The summed E-state index contributed by atoms with van der Waals surface area (Å²) in [5.41, 5.74) is 5.97. The summed E-state index contributed by atoms with van der Waals surface area (Å²) in [6, 6.07) is 2.96. The number of carbonyl (C=O) groups is 1. The standard InChI is InChI=1S/C12H17N3O2S/c1-7(2)9(10(13)18)15-11(16)8-5-4-6-14-12(8)17-3/h4-7,9H,1-3H3,(H2,13,18)(H,15,16). The molecule has 1 rings (SSSR count). The van der Waals surface area contributed by atoms with E-state index >= 15 is 0 Å². The molecule has 1 atom stereocenters. The van der Waals surface area contributed by atoms with Crippen molar-refractivity contribution in [3.8, 4) is 5.88 Å². The highest BCUT2D eigenvalue weighted by molar-refractivity contribution is 7.80. The molecule has 98 valence electrons. The second kappa shape index (κ2) is 6.30. The minimum Gasteiger partial charge on any atom is -0.480 e. The first-order chi connectivity index (χ1) is 8.47. The van der Waals surface area contributed by atoms with Gasteiger partial charge in [-0.2, -0.15) is 0 Å². The van der Waals surface area contributed by atoms with Crippen LogP contribution in [0.4, 0.5) is 0 Å². The lowest BCUT2D eigenvalue weighted by Crippen LogP contribution is -2.46. The van der Waals surface area contributed by atoms with E-state index in [-0.39, 0.29) is 28.7 Å². The van der Waals surface area contributed by atoms with E-state index in [1.165, 1.54) is 7.11 Å². The summed E-state index contributed by atoms with van der Waals surface area (Å²) >= 11 is 4.94. The Morgan fingerprint density at radius 2 is 2.22 bits per heavy atom. The molecule has 0 aliphatic rings. The summed E-state index contributed by atoms with van der Waals surface area (Å²) in [5.74, 6) is 0.0982. The summed E-state index contributed by atoms with van der Waals surface area (Å²) in [6.45, 7) is 3.87. The van der Waals surface area contributed by atoms with Gasteiger partial charge in [-0.25, -0.2) is 4.98 Å². The smallest absolute Gasteiger partial charge is 0.257 e. The maximum absolute atomic E-state index is 12.1. The molecule has 0 fully saturated rings. The van der Waals surface area contributed by atoms with E-state index in [2.05, 4.69) is 10.3 Å².